The van der Waals surface area contributed by atoms with E-state index in [9.17, 15) is 4.79 Å². The predicted octanol–water partition coefficient (Wildman–Crippen LogP) is 3.66. The van der Waals surface area contributed by atoms with E-state index in [1.807, 2.05) is 6.07 Å². The van der Waals surface area contributed by atoms with Crippen molar-refractivity contribution in [2.45, 2.75) is 0 Å². The summed E-state index contributed by atoms with van der Waals surface area (Å²) in [5.41, 5.74) is 1.15. The highest BCUT2D eigenvalue weighted by Crippen LogP contribution is 2.25. The maximum absolute atomic E-state index is 12.2. The molecule has 1 aromatic carbocycles. The molecule has 0 fully saturated rings. The Kier molecular flexibility index (Phi) is 4.78. The van der Waals surface area contributed by atoms with Crippen LogP contribution in [0.3, 0.4) is 0 Å². The number of rotatable bonds is 3. The summed E-state index contributed by atoms with van der Waals surface area (Å²) in [4.78, 5) is 16.4. The van der Waals surface area contributed by atoms with Crippen LogP contribution in [0.1, 0.15) is 16.1 Å². The van der Waals surface area contributed by atoms with Gasteiger partial charge < -0.3 is 10.6 Å². The summed E-state index contributed by atoms with van der Waals surface area (Å²) in [6.07, 6.45) is 0. The summed E-state index contributed by atoms with van der Waals surface area (Å²) < 4.78 is 0.607. The topological polar surface area (TPSA) is 77.8 Å². The Balaban J connectivity index is 2.28. The Labute approximate surface area is 135 Å². The number of benzene rings is 1. The molecule has 0 saturated heterocycles. The zero-order valence-electron chi connectivity index (χ0n) is 10.9. The first-order valence-electron chi connectivity index (χ1n) is 5.90. The third-order valence-corrected chi connectivity index (χ3v) is 3.62. The lowest BCUT2D eigenvalue weighted by Crippen LogP contribution is -2.15. The van der Waals surface area contributed by atoms with Gasteiger partial charge in [0.15, 0.2) is 0 Å². The maximum Gasteiger partial charge on any atom is 0.275 e. The summed E-state index contributed by atoms with van der Waals surface area (Å²) >= 11 is 9.30. The molecule has 0 aliphatic heterocycles. The molecule has 106 valence electrons. The summed E-state index contributed by atoms with van der Waals surface area (Å²) in [5.74, 6) is 0.117. The SMILES string of the molecule is CNc1ccc(Cl)c(C(=O)Nc2ccc(C#N)cc2Br)n1. The van der Waals surface area contributed by atoms with Gasteiger partial charge in [0.25, 0.3) is 5.91 Å². The first-order chi connectivity index (χ1) is 10.0. The number of hydrogen-bond acceptors (Lipinski definition) is 4. The molecule has 0 unspecified atom stereocenters. The van der Waals surface area contributed by atoms with Crippen LogP contribution in [-0.4, -0.2) is 17.9 Å². The van der Waals surface area contributed by atoms with Crippen LogP contribution in [0, 0.1) is 11.3 Å². The van der Waals surface area contributed by atoms with E-state index in [1.54, 1.807) is 37.4 Å². The average molecular weight is 366 g/mol. The maximum atomic E-state index is 12.2. The highest BCUT2D eigenvalue weighted by atomic mass is 79.9. The smallest absolute Gasteiger partial charge is 0.275 e. The van der Waals surface area contributed by atoms with Crippen LogP contribution in [-0.2, 0) is 0 Å². The summed E-state index contributed by atoms with van der Waals surface area (Å²) in [6, 6.07) is 10.2. The normalized spacial score (nSPS) is 9.81. The van der Waals surface area contributed by atoms with Crippen LogP contribution in [0.15, 0.2) is 34.8 Å². The number of nitriles is 1. The van der Waals surface area contributed by atoms with E-state index in [2.05, 4.69) is 31.5 Å². The fourth-order valence-corrected chi connectivity index (χ4v) is 2.28. The second kappa shape index (κ2) is 6.57. The molecule has 1 heterocycles. The number of carbonyl (C=O) groups is 1. The minimum Gasteiger partial charge on any atom is -0.373 e. The predicted molar refractivity (Wildman–Crippen MR) is 85.6 cm³/mol. The molecule has 0 spiro atoms. The van der Waals surface area contributed by atoms with E-state index in [1.165, 1.54) is 0 Å². The van der Waals surface area contributed by atoms with Gasteiger partial charge in [-0.2, -0.15) is 5.26 Å². The Morgan fingerprint density at radius 3 is 2.76 bits per heavy atom. The molecule has 2 aromatic rings. The van der Waals surface area contributed by atoms with Crippen molar-refractivity contribution in [1.29, 1.82) is 5.26 Å². The fourth-order valence-electron chi connectivity index (χ4n) is 1.61. The van der Waals surface area contributed by atoms with Crippen molar-refractivity contribution in [1.82, 2.24) is 4.98 Å². The number of nitrogens with one attached hydrogen (secondary N) is 2. The third kappa shape index (κ3) is 3.51. The highest BCUT2D eigenvalue weighted by molar-refractivity contribution is 9.10. The van der Waals surface area contributed by atoms with Gasteiger partial charge in [-0.25, -0.2) is 4.98 Å². The van der Waals surface area contributed by atoms with Crippen LogP contribution < -0.4 is 10.6 Å². The number of amides is 1. The van der Waals surface area contributed by atoms with E-state index >= 15 is 0 Å². The van der Waals surface area contributed by atoms with Crippen molar-refractivity contribution in [3.63, 3.8) is 0 Å². The van der Waals surface area contributed by atoms with Gasteiger partial charge in [-0.3, -0.25) is 4.79 Å². The van der Waals surface area contributed by atoms with E-state index < -0.39 is 5.91 Å². The van der Waals surface area contributed by atoms with Crippen LogP contribution in [0.5, 0.6) is 0 Å². The van der Waals surface area contributed by atoms with Crippen molar-refractivity contribution >= 4 is 44.9 Å². The lowest BCUT2D eigenvalue weighted by Gasteiger charge is -2.09. The Hall–Kier alpha value is -2.10. The quantitative estimate of drug-likeness (QED) is 0.870. The minimum absolute atomic E-state index is 0.125. The molecule has 1 aromatic heterocycles. The number of halogens is 2. The minimum atomic E-state index is -0.428. The molecular formula is C14H10BrClN4O. The lowest BCUT2D eigenvalue weighted by molar-refractivity contribution is 0.102. The van der Waals surface area contributed by atoms with Gasteiger partial charge in [-0.15, -0.1) is 0 Å². The standard InChI is InChI=1S/C14H10BrClN4O/c1-18-12-5-3-10(16)13(20-12)14(21)19-11-4-2-8(7-17)6-9(11)15/h2-6H,1H3,(H,18,20)(H,19,21). The molecule has 7 heteroatoms. The number of carbonyl (C=O) groups excluding carboxylic acids is 1. The van der Waals surface area contributed by atoms with Gasteiger partial charge in [-0.05, 0) is 46.3 Å². The third-order valence-electron chi connectivity index (χ3n) is 2.66. The molecule has 0 radical (unpaired) electrons. The molecule has 0 saturated carbocycles. The zero-order chi connectivity index (χ0) is 15.4. The van der Waals surface area contributed by atoms with E-state index in [0.717, 1.165) is 0 Å². The highest BCUT2D eigenvalue weighted by Gasteiger charge is 2.14. The molecule has 5 nitrogen and oxygen atoms in total. The first-order valence-corrected chi connectivity index (χ1v) is 7.07. The molecule has 0 aliphatic rings. The van der Waals surface area contributed by atoms with Crippen LogP contribution in [0.25, 0.3) is 0 Å². The molecule has 2 rings (SSSR count). The number of nitrogens with zero attached hydrogens (tertiary/aromatic N) is 2. The van der Waals surface area contributed by atoms with Gasteiger partial charge in [-0.1, -0.05) is 11.6 Å². The van der Waals surface area contributed by atoms with Crippen LogP contribution >= 0.6 is 27.5 Å². The van der Waals surface area contributed by atoms with Crippen molar-refractivity contribution < 1.29 is 4.79 Å². The second-order valence-corrected chi connectivity index (χ2v) is 5.30. The summed E-state index contributed by atoms with van der Waals surface area (Å²) in [7, 11) is 1.70. The molecule has 0 aliphatic carbocycles. The average Bonchev–Trinajstić information content (AvgIpc) is 2.49. The van der Waals surface area contributed by atoms with Crippen LogP contribution in [0.2, 0.25) is 5.02 Å². The summed E-state index contributed by atoms with van der Waals surface area (Å²) in [6.45, 7) is 0. The van der Waals surface area contributed by atoms with Crippen molar-refractivity contribution in [2.24, 2.45) is 0 Å². The van der Waals surface area contributed by atoms with Crippen LogP contribution in [0.4, 0.5) is 11.5 Å². The van der Waals surface area contributed by atoms with Gasteiger partial charge >= 0.3 is 0 Å². The molecule has 2 N–H and O–H groups in total. The Bertz CT molecular complexity index is 742. The second-order valence-electron chi connectivity index (χ2n) is 4.04. The lowest BCUT2D eigenvalue weighted by atomic mass is 10.2. The number of pyridine rings is 1. The number of aromatic nitrogens is 1. The van der Waals surface area contributed by atoms with E-state index in [0.29, 0.717) is 21.5 Å². The number of hydrogen-bond donors (Lipinski definition) is 2. The molecule has 1 amide bonds. The molecule has 0 atom stereocenters. The monoisotopic (exact) mass is 364 g/mol. The van der Waals surface area contributed by atoms with E-state index in [-0.39, 0.29) is 10.7 Å². The Morgan fingerprint density at radius 2 is 2.14 bits per heavy atom. The van der Waals surface area contributed by atoms with Gasteiger partial charge in [0, 0.05) is 11.5 Å². The molecular weight excluding hydrogens is 356 g/mol. The summed E-state index contributed by atoms with van der Waals surface area (Å²) in [5, 5.41) is 14.6. The fraction of sp³-hybridized carbons (Fsp3) is 0.0714. The van der Waals surface area contributed by atoms with Crippen molar-refractivity contribution in [3.05, 3.63) is 51.1 Å². The number of anilines is 2. The first kappa shape index (κ1) is 15.3. The van der Waals surface area contributed by atoms with Gasteiger partial charge in [0.05, 0.1) is 22.3 Å². The van der Waals surface area contributed by atoms with Gasteiger partial charge in [0.2, 0.25) is 0 Å². The Morgan fingerprint density at radius 1 is 1.38 bits per heavy atom. The van der Waals surface area contributed by atoms with E-state index in [4.69, 9.17) is 16.9 Å². The molecule has 21 heavy (non-hydrogen) atoms. The van der Waals surface area contributed by atoms with Crippen molar-refractivity contribution in [3.8, 4) is 6.07 Å². The largest absolute Gasteiger partial charge is 0.373 e. The van der Waals surface area contributed by atoms with Crippen molar-refractivity contribution in [2.75, 3.05) is 17.7 Å². The van der Waals surface area contributed by atoms with Gasteiger partial charge in [0.1, 0.15) is 11.5 Å². The molecule has 0 bridgehead atoms. The zero-order valence-corrected chi connectivity index (χ0v) is 13.3.